The summed E-state index contributed by atoms with van der Waals surface area (Å²) in [5.41, 5.74) is 2.31. The number of methoxy groups -OCH3 is 1. The van der Waals surface area contributed by atoms with Crippen molar-refractivity contribution in [2.75, 3.05) is 20.7 Å². The monoisotopic (exact) mass is 472 g/mol. The zero-order chi connectivity index (χ0) is 18.2. The van der Waals surface area contributed by atoms with E-state index in [4.69, 9.17) is 4.74 Å². The van der Waals surface area contributed by atoms with Gasteiger partial charge < -0.3 is 19.9 Å². The fourth-order valence-electron chi connectivity index (χ4n) is 2.70. The molecule has 0 spiro atoms. The van der Waals surface area contributed by atoms with E-state index < -0.39 is 0 Å². The zero-order valence-corrected chi connectivity index (χ0v) is 18.4. The van der Waals surface area contributed by atoms with Crippen molar-refractivity contribution in [2.24, 2.45) is 4.99 Å². The van der Waals surface area contributed by atoms with Crippen LogP contribution in [0, 0.1) is 6.92 Å². The highest BCUT2D eigenvalue weighted by Gasteiger charge is 2.13. The van der Waals surface area contributed by atoms with Gasteiger partial charge >= 0.3 is 0 Å². The standard InChI is InChI=1S/C18H28N6O.HI/c1-6-17-23-21-12-24(17)10-9-20-18(19-4)22-14(3)15-11-13(2)7-8-16(15)25-5;/h7-8,11-12,14H,6,9-10H2,1-5H3,(H2,19,20,22);1H. The minimum absolute atomic E-state index is 0. The van der Waals surface area contributed by atoms with Crippen molar-refractivity contribution >= 4 is 29.9 Å². The van der Waals surface area contributed by atoms with E-state index in [2.05, 4.69) is 52.7 Å². The van der Waals surface area contributed by atoms with Crippen molar-refractivity contribution in [3.8, 4) is 5.75 Å². The fraction of sp³-hybridized carbons (Fsp3) is 0.500. The normalized spacial score (nSPS) is 12.3. The Kier molecular flexibility index (Phi) is 9.39. The van der Waals surface area contributed by atoms with Crippen LogP contribution in [0.3, 0.4) is 0 Å². The molecule has 26 heavy (non-hydrogen) atoms. The predicted octanol–water partition coefficient (Wildman–Crippen LogP) is 2.70. The Balaban J connectivity index is 0.00000338. The number of hydrogen-bond acceptors (Lipinski definition) is 4. The number of rotatable bonds is 7. The molecule has 2 rings (SSSR count). The zero-order valence-electron chi connectivity index (χ0n) is 16.1. The SMILES string of the molecule is CCc1nncn1CCNC(=NC)NC(C)c1cc(C)ccc1OC.I. The molecule has 1 heterocycles. The molecule has 0 radical (unpaired) electrons. The minimum atomic E-state index is 0. The summed E-state index contributed by atoms with van der Waals surface area (Å²) in [6.07, 6.45) is 2.63. The van der Waals surface area contributed by atoms with Gasteiger partial charge in [-0.15, -0.1) is 34.2 Å². The first-order chi connectivity index (χ1) is 12.1. The van der Waals surface area contributed by atoms with Crippen molar-refractivity contribution in [1.82, 2.24) is 25.4 Å². The first-order valence-electron chi connectivity index (χ1n) is 8.57. The Morgan fingerprint density at radius 3 is 2.81 bits per heavy atom. The quantitative estimate of drug-likeness (QED) is 0.368. The maximum atomic E-state index is 5.47. The Labute approximate surface area is 172 Å². The number of halogens is 1. The van der Waals surface area contributed by atoms with E-state index in [0.717, 1.165) is 42.6 Å². The molecule has 2 N–H and O–H groups in total. The van der Waals surface area contributed by atoms with Crippen LogP contribution in [0.2, 0.25) is 0 Å². The Bertz CT molecular complexity index is 715. The molecule has 0 aliphatic carbocycles. The second-order valence-corrected chi connectivity index (χ2v) is 5.90. The molecule has 1 aromatic carbocycles. The maximum Gasteiger partial charge on any atom is 0.191 e. The highest BCUT2D eigenvalue weighted by Crippen LogP contribution is 2.25. The lowest BCUT2D eigenvalue weighted by Crippen LogP contribution is -2.40. The molecular formula is C18H29IN6O. The maximum absolute atomic E-state index is 5.47. The Morgan fingerprint density at radius 2 is 2.15 bits per heavy atom. The molecule has 2 aromatic rings. The number of aromatic nitrogens is 3. The number of aryl methyl sites for hydroxylation is 2. The van der Waals surface area contributed by atoms with Crippen LogP contribution in [0.5, 0.6) is 5.75 Å². The lowest BCUT2D eigenvalue weighted by Gasteiger charge is -2.21. The summed E-state index contributed by atoms with van der Waals surface area (Å²) >= 11 is 0. The molecule has 0 aliphatic rings. The van der Waals surface area contributed by atoms with E-state index in [1.807, 2.05) is 16.7 Å². The lowest BCUT2D eigenvalue weighted by atomic mass is 10.0. The molecule has 144 valence electrons. The van der Waals surface area contributed by atoms with Crippen LogP contribution in [0.15, 0.2) is 29.5 Å². The Morgan fingerprint density at radius 1 is 1.38 bits per heavy atom. The van der Waals surface area contributed by atoms with Crippen LogP contribution >= 0.6 is 24.0 Å². The highest BCUT2D eigenvalue weighted by molar-refractivity contribution is 14.0. The predicted molar refractivity (Wildman–Crippen MR) is 115 cm³/mol. The van der Waals surface area contributed by atoms with Crippen LogP contribution in [-0.4, -0.2) is 41.4 Å². The van der Waals surface area contributed by atoms with Gasteiger partial charge in [0.25, 0.3) is 0 Å². The summed E-state index contributed by atoms with van der Waals surface area (Å²) in [5.74, 6) is 2.61. The van der Waals surface area contributed by atoms with Gasteiger partial charge in [-0.25, -0.2) is 0 Å². The number of guanidine groups is 1. The van der Waals surface area contributed by atoms with Crippen LogP contribution in [0.1, 0.15) is 36.8 Å². The number of ether oxygens (including phenoxy) is 1. The van der Waals surface area contributed by atoms with Crippen molar-refractivity contribution in [2.45, 2.75) is 39.8 Å². The molecule has 0 bridgehead atoms. The van der Waals surface area contributed by atoms with Gasteiger partial charge in [0.2, 0.25) is 0 Å². The third-order valence-corrected chi connectivity index (χ3v) is 4.09. The number of nitrogens with zero attached hydrogens (tertiary/aromatic N) is 4. The summed E-state index contributed by atoms with van der Waals surface area (Å²) in [6.45, 7) is 7.78. The summed E-state index contributed by atoms with van der Waals surface area (Å²) < 4.78 is 7.52. The molecular weight excluding hydrogens is 443 g/mol. The van der Waals surface area contributed by atoms with Crippen LogP contribution in [0.4, 0.5) is 0 Å². The van der Waals surface area contributed by atoms with Gasteiger partial charge in [0.05, 0.1) is 13.2 Å². The van der Waals surface area contributed by atoms with Gasteiger partial charge in [-0.05, 0) is 19.9 Å². The average Bonchev–Trinajstić information content (AvgIpc) is 3.08. The van der Waals surface area contributed by atoms with E-state index >= 15 is 0 Å². The summed E-state index contributed by atoms with van der Waals surface area (Å²) in [5, 5.41) is 14.8. The number of benzene rings is 1. The van der Waals surface area contributed by atoms with Gasteiger partial charge in [0.1, 0.15) is 17.9 Å². The van der Waals surface area contributed by atoms with E-state index in [-0.39, 0.29) is 30.0 Å². The average molecular weight is 472 g/mol. The second-order valence-electron chi connectivity index (χ2n) is 5.90. The van der Waals surface area contributed by atoms with Crippen molar-refractivity contribution in [3.63, 3.8) is 0 Å². The van der Waals surface area contributed by atoms with Gasteiger partial charge in [-0.3, -0.25) is 4.99 Å². The molecule has 0 saturated heterocycles. The molecule has 7 nitrogen and oxygen atoms in total. The molecule has 1 unspecified atom stereocenters. The molecule has 0 aliphatic heterocycles. The third-order valence-electron chi connectivity index (χ3n) is 4.09. The smallest absolute Gasteiger partial charge is 0.191 e. The van der Waals surface area contributed by atoms with Gasteiger partial charge in [0.15, 0.2) is 5.96 Å². The van der Waals surface area contributed by atoms with E-state index in [0.29, 0.717) is 0 Å². The summed E-state index contributed by atoms with van der Waals surface area (Å²) in [7, 11) is 3.46. The topological polar surface area (TPSA) is 76.4 Å². The fourth-order valence-corrected chi connectivity index (χ4v) is 2.70. The number of hydrogen-bond donors (Lipinski definition) is 2. The Hall–Kier alpha value is -1.84. The minimum Gasteiger partial charge on any atom is -0.496 e. The van der Waals surface area contributed by atoms with Gasteiger partial charge in [-0.2, -0.15) is 0 Å². The van der Waals surface area contributed by atoms with Gasteiger partial charge in [-0.1, -0.05) is 24.6 Å². The lowest BCUT2D eigenvalue weighted by molar-refractivity contribution is 0.405. The molecule has 0 saturated carbocycles. The third kappa shape index (κ3) is 5.86. The van der Waals surface area contributed by atoms with Crippen LogP contribution in [-0.2, 0) is 13.0 Å². The largest absolute Gasteiger partial charge is 0.496 e. The van der Waals surface area contributed by atoms with E-state index in [1.165, 1.54) is 5.56 Å². The van der Waals surface area contributed by atoms with E-state index in [9.17, 15) is 0 Å². The van der Waals surface area contributed by atoms with Crippen LogP contribution < -0.4 is 15.4 Å². The van der Waals surface area contributed by atoms with Crippen molar-refractivity contribution in [3.05, 3.63) is 41.5 Å². The molecule has 8 heteroatoms. The van der Waals surface area contributed by atoms with Crippen molar-refractivity contribution in [1.29, 1.82) is 0 Å². The summed E-state index contributed by atoms with van der Waals surface area (Å²) in [4.78, 5) is 4.31. The van der Waals surface area contributed by atoms with Crippen molar-refractivity contribution < 1.29 is 4.74 Å². The second kappa shape index (κ2) is 11.0. The highest BCUT2D eigenvalue weighted by atomic mass is 127. The molecule has 1 aromatic heterocycles. The number of aliphatic imine (C=N–C) groups is 1. The molecule has 0 fully saturated rings. The van der Waals surface area contributed by atoms with Crippen LogP contribution in [0.25, 0.3) is 0 Å². The van der Waals surface area contributed by atoms with E-state index in [1.54, 1.807) is 20.5 Å². The first kappa shape index (κ1) is 22.2. The molecule has 0 amide bonds. The number of nitrogens with one attached hydrogen (secondary N) is 2. The molecule has 1 atom stereocenters. The van der Waals surface area contributed by atoms with Gasteiger partial charge in [0, 0.05) is 32.1 Å². The summed E-state index contributed by atoms with van der Waals surface area (Å²) in [6, 6.07) is 6.25. The first-order valence-corrected chi connectivity index (χ1v) is 8.57.